The molecule has 1 heterocycles. The molecule has 18 heavy (non-hydrogen) atoms. The van der Waals surface area contributed by atoms with Crippen molar-refractivity contribution in [3.8, 4) is 0 Å². The molecule has 98 valence electrons. The number of rotatable bonds is 4. The maximum Gasteiger partial charge on any atom is 0.191 e. The molecule has 0 saturated heterocycles. The molecule has 1 aromatic rings. The van der Waals surface area contributed by atoms with Crippen LogP contribution >= 0.6 is 11.8 Å². The van der Waals surface area contributed by atoms with Crippen LogP contribution in [0.3, 0.4) is 0 Å². The third-order valence-corrected chi connectivity index (χ3v) is 5.68. The third-order valence-electron chi connectivity index (χ3n) is 4.31. The minimum Gasteiger partial charge on any atom is -0.327 e. The largest absolute Gasteiger partial charge is 0.327 e. The Morgan fingerprint density at radius 2 is 1.89 bits per heavy atom. The number of hydrogen-bond acceptors (Lipinski definition) is 4. The summed E-state index contributed by atoms with van der Waals surface area (Å²) in [4.78, 5) is 0. The molecule has 3 saturated carbocycles. The molecule has 0 radical (unpaired) electrons. The number of nitrogens with zero attached hydrogens (tertiary/aromatic N) is 3. The molecule has 0 spiro atoms. The van der Waals surface area contributed by atoms with Crippen molar-refractivity contribution in [3.05, 3.63) is 5.82 Å². The predicted octanol–water partition coefficient (Wildman–Crippen LogP) is 2.46. The van der Waals surface area contributed by atoms with Gasteiger partial charge in [0.05, 0.1) is 0 Å². The zero-order chi connectivity index (χ0) is 12.1. The second kappa shape index (κ2) is 4.23. The van der Waals surface area contributed by atoms with E-state index >= 15 is 0 Å². The van der Waals surface area contributed by atoms with Gasteiger partial charge in [0, 0.05) is 23.3 Å². The van der Waals surface area contributed by atoms with Crippen LogP contribution in [0.2, 0.25) is 0 Å². The highest BCUT2D eigenvalue weighted by Crippen LogP contribution is 2.47. The van der Waals surface area contributed by atoms with E-state index in [2.05, 4.69) is 14.8 Å². The minimum absolute atomic E-state index is 0.351. The van der Waals surface area contributed by atoms with E-state index in [0.717, 1.165) is 5.16 Å². The lowest BCUT2D eigenvalue weighted by Crippen LogP contribution is -2.26. The second-order valence-electron chi connectivity index (χ2n) is 5.97. The standard InChI is InChI=1S/C13H20N4S/c14-10-2-1-3-11(10)18-13-16-15-12(8-4-5-8)17(13)9-6-7-9/h8-11H,1-7,14H2. The Hall–Kier alpha value is -0.550. The molecular formula is C13H20N4S. The van der Waals surface area contributed by atoms with Crippen molar-refractivity contribution in [2.45, 2.75) is 73.4 Å². The summed E-state index contributed by atoms with van der Waals surface area (Å²) < 4.78 is 2.44. The SMILES string of the molecule is NC1CCCC1Sc1nnc(C2CC2)n1C1CC1. The molecule has 2 unspecified atom stereocenters. The molecule has 2 N–H and O–H groups in total. The van der Waals surface area contributed by atoms with Gasteiger partial charge in [-0.2, -0.15) is 0 Å². The van der Waals surface area contributed by atoms with Gasteiger partial charge in [0.15, 0.2) is 5.16 Å². The average Bonchev–Trinajstić information content (AvgIpc) is 3.28. The van der Waals surface area contributed by atoms with E-state index < -0.39 is 0 Å². The number of aromatic nitrogens is 3. The van der Waals surface area contributed by atoms with Crippen LogP contribution in [0.1, 0.15) is 62.7 Å². The first kappa shape index (κ1) is 11.3. The Balaban J connectivity index is 1.59. The van der Waals surface area contributed by atoms with Crippen molar-refractivity contribution in [1.82, 2.24) is 14.8 Å². The zero-order valence-electron chi connectivity index (χ0n) is 10.6. The number of hydrogen-bond donors (Lipinski definition) is 1. The average molecular weight is 264 g/mol. The van der Waals surface area contributed by atoms with Crippen LogP contribution in [0.5, 0.6) is 0 Å². The molecule has 2 atom stereocenters. The van der Waals surface area contributed by atoms with Crippen LogP contribution in [0.25, 0.3) is 0 Å². The summed E-state index contributed by atoms with van der Waals surface area (Å²) in [5.41, 5.74) is 6.17. The molecule has 1 aromatic heterocycles. The van der Waals surface area contributed by atoms with Crippen LogP contribution in [-0.2, 0) is 0 Å². The van der Waals surface area contributed by atoms with Crippen LogP contribution < -0.4 is 5.73 Å². The van der Waals surface area contributed by atoms with Crippen molar-refractivity contribution in [1.29, 1.82) is 0 Å². The minimum atomic E-state index is 0.351. The summed E-state index contributed by atoms with van der Waals surface area (Å²) in [6.45, 7) is 0. The monoisotopic (exact) mass is 264 g/mol. The van der Waals surface area contributed by atoms with Crippen LogP contribution in [0, 0.1) is 0 Å². The van der Waals surface area contributed by atoms with Crippen molar-refractivity contribution < 1.29 is 0 Å². The summed E-state index contributed by atoms with van der Waals surface area (Å²) >= 11 is 1.88. The highest BCUT2D eigenvalue weighted by molar-refractivity contribution is 7.99. The fourth-order valence-electron chi connectivity index (χ4n) is 2.90. The molecule has 3 aliphatic rings. The first-order valence-electron chi connectivity index (χ1n) is 7.20. The van der Waals surface area contributed by atoms with Gasteiger partial charge >= 0.3 is 0 Å². The second-order valence-corrected chi connectivity index (χ2v) is 7.17. The Labute approximate surface area is 112 Å². The predicted molar refractivity (Wildman–Crippen MR) is 71.7 cm³/mol. The van der Waals surface area contributed by atoms with E-state index in [-0.39, 0.29) is 0 Å². The van der Waals surface area contributed by atoms with Gasteiger partial charge < -0.3 is 10.3 Å². The molecule has 3 fully saturated rings. The molecule has 4 nitrogen and oxygen atoms in total. The number of thioether (sulfide) groups is 1. The third kappa shape index (κ3) is 1.97. The normalized spacial score (nSPS) is 32.1. The lowest BCUT2D eigenvalue weighted by atomic mass is 10.3. The number of nitrogens with two attached hydrogens (primary N) is 1. The van der Waals surface area contributed by atoms with Crippen molar-refractivity contribution in [2.24, 2.45) is 5.73 Å². The maximum absolute atomic E-state index is 6.17. The molecule has 3 aliphatic carbocycles. The van der Waals surface area contributed by atoms with Gasteiger partial charge in [-0.15, -0.1) is 10.2 Å². The fourth-order valence-corrected chi connectivity index (χ4v) is 4.21. The topological polar surface area (TPSA) is 56.7 Å². The van der Waals surface area contributed by atoms with Gasteiger partial charge in [-0.05, 0) is 38.5 Å². The summed E-state index contributed by atoms with van der Waals surface area (Å²) in [7, 11) is 0. The van der Waals surface area contributed by atoms with E-state index in [4.69, 9.17) is 5.73 Å². The smallest absolute Gasteiger partial charge is 0.191 e. The van der Waals surface area contributed by atoms with E-state index in [0.29, 0.717) is 23.3 Å². The molecule has 0 bridgehead atoms. The van der Waals surface area contributed by atoms with Gasteiger partial charge in [-0.1, -0.05) is 18.2 Å². The van der Waals surface area contributed by atoms with Gasteiger partial charge in [0.25, 0.3) is 0 Å². The molecule has 4 rings (SSSR count). The van der Waals surface area contributed by atoms with E-state index in [9.17, 15) is 0 Å². The van der Waals surface area contributed by atoms with Gasteiger partial charge in [-0.25, -0.2) is 0 Å². The first-order valence-corrected chi connectivity index (χ1v) is 8.08. The van der Waals surface area contributed by atoms with E-state index in [1.54, 1.807) is 0 Å². The van der Waals surface area contributed by atoms with Crippen LogP contribution in [0.15, 0.2) is 5.16 Å². The Kier molecular flexibility index (Phi) is 2.66. The zero-order valence-corrected chi connectivity index (χ0v) is 11.4. The maximum atomic E-state index is 6.17. The van der Waals surface area contributed by atoms with Crippen LogP contribution in [-0.4, -0.2) is 26.1 Å². The first-order chi connectivity index (χ1) is 8.83. The Bertz CT molecular complexity index is 450. The van der Waals surface area contributed by atoms with Crippen LogP contribution in [0.4, 0.5) is 0 Å². The quantitative estimate of drug-likeness (QED) is 0.907. The lowest BCUT2D eigenvalue weighted by Gasteiger charge is -2.15. The van der Waals surface area contributed by atoms with Gasteiger partial charge in [-0.3, -0.25) is 0 Å². The van der Waals surface area contributed by atoms with Crippen molar-refractivity contribution >= 4 is 11.8 Å². The van der Waals surface area contributed by atoms with E-state index in [1.807, 2.05) is 11.8 Å². The van der Waals surface area contributed by atoms with E-state index in [1.165, 1.54) is 50.8 Å². The molecule has 0 aromatic carbocycles. The van der Waals surface area contributed by atoms with Crippen molar-refractivity contribution in [2.75, 3.05) is 0 Å². The summed E-state index contributed by atoms with van der Waals surface area (Å²) in [5.74, 6) is 1.95. The molecule has 0 aliphatic heterocycles. The highest BCUT2D eigenvalue weighted by Gasteiger charge is 2.37. The molecular weight excluding hydrogens is 244 g/mol. The summed E-state index contributed by atoms with van der Waals surface area (Å²) in [6.07, 6.45) is 8.90. The van der Waals surface area contributed by atoms with Gasteiger partial charge in [0.2, 0.25) is 0 Å². The summed E-state index contributed by atoms with van der Waals surface area (Å²) in [5, 5.41) is 10.6. The Morgan fingerprint density at radius 1 is 1.06 bits per heavy atom. The molecule has 5 heteroatoms. The lowest BCUT2D eigenvalue weighted by molar-refractivity contribution is 0.623. The Morgan fingerprint density at radius 3 is 2.50 bits per heavy atom. The molecule has 0 amide bonds. The van der Waals surface area contributed by atoms with Gasteiger partial charge in [0.1, 0.15) is 5.82 Å². The fraction of sp³-hybridized carbons (Fsp3) is 0.846. The van der Waals surface area contributed by atoms with Crippen molar-refractivity contribution in [3.63, 3.8) is 0 Å². The highest BCUT2D eigenvalue weighted by atomic mass is 32.2. The summed E-state index contributed by atoms with van der Waals surface area (Å²) in [6, 6.07) is 1.04.